The molecular weight excluding hydrogens is 462 g/mol. The highest BCUT2D eigenvalue weighted by molar-refractivity contribution is 9.10. The number of nitrogens with zero attached hydrogens (tertiary/aromatic N) is 1. The zero-order valence-corrected chi connectivity index (χ0v) is 19.5. The highest BCUT2D eigenvalue weighted by atomic mass is 79.9. The fraction of sp³-hybridized carbons (Fsp3) is 0.292. The van der Waals surface area contributed by atoms with E-state index in [4.69, 9.17) is 19.5 Å². The van der Waals surface area contributed by atoms with Crippen LogP contribution in [-0.4, -0.2) is 25.2 Å². The molecule has 7 heteroatoms. The normalized spacial score (nSPS) is 11.1. The zero-order chi connectivity index (χ0) is 23.0. The number of carbonyl (C=O) groups is 2. The van der Waals surface area contributed by atoms with Gasteiger partial charge in [-0.3, -0.25) is 0 Å². The zero-order valence-electron chi connectivity index (χ0n) is 17.9. The Balaban J connectivity index is 2.09. The molecular formula is C24H24BrNO5. The van der Waals surface area contributed by atoms with Crippen LogP contribution in [0.25, 0.3) is 6.08 Å². The van der Waals surface area contributed by atoms with Crippen LogP contribution >= 0.6 is 15.9 Å². The highest BCUT2D eigenvalue weighted by Gasteiger charge is 2.14. The first-order valence-corrected chi connectivity index (χ1v) is 10.6. The molecule has 0 unspecified atom stereocenters. The molecule has 0 radical (unpaired) electrons. The monoisotopic (exact) mass is 485 g/mol. The molecule has 0 saturated heterocycles. The van der Waals surface area contributed by atoms with E-state index in [0.29, 0.717) is 11.3 Å². The van der Waals surface area contributed by atoms with Crippen molar-refractivity contribution in [3.05, 3.63) is 63.1 Å². The summed E-state index contributed by atoms with van der Waals surface area (Å²) in [6, 6.07) is 12.2. The second-order valence-electron chi connectivity index (χ2n) is 7.02. The number of hydrogen-bond acceptors (Lipinski definition) is 6. The van der Waals surface area contributed by atoms with Crippen LogP contribution in [-0.2, 0) is 14.3 Å². The molecule has 0 spiro atoms. The number of nitriles is 1. The number of ether oxygens (including phenoxy) is 3. The summed E-state index contributed by atoms with van der Waals surface area (Å²) in [6.07, 6.45) is 1.38. The van der Waals surface area contributed by atoms with Gasteiger partial charge in [-0.15, -0.1) is 0 Å². The number of halogens is 1. The van der Waals surface area contributed by atoms with Crippen molar-refractivity contribution in [3.8, 4) is 17.6 Å². The summed E-state index contributed by atoms with van der Waals surface area (Å²) >= 11 is 3.52. The van der Waals surface area contributed by atoms with Crippen molar-refractivity contribution in [1.82, 2.24) is 0 Å². The molecule has 0 saturated carbocycles. The van der Waals surface area contributed by atoms with Gasteiger partial charge >= 0.3 is 11.9 Å². The molecule has 2 rings (SSSR count). The van der Waals surface area contributed by atoms with Gasteiger partial charge in [0.15, 0.2) is 6.61 Å². The van der Waals surface area contributed by atoms with E-state index in [2.05, 4.69) is 15.9 Å². The van der Waals surface area contributed by atoms with Gasteiger partial charge < -0.3 is 14.2 Å². The quantitative estimate of drug-likeness (QED) is 0.217. The first-order valence-electron chi connectivity index (χ1n) is 9.77. The van der Waals surface area contributed by atoms with Gasteiger partial charge in [0.05, 0.1) is 6.61 Å². The molecule has 6 nitrogen and oxygen atoms in total. The average Bonchev–Trinajstić information content (AvgIpc) is 2.72. The fourth-order valence-corrected chi connectivity index (χ4v) is 3.09. The molecule has 0 atom stereocenters. The molecule has 0 amide bonds. The number of hydrogen-bond donors (Lipinski definition) is 0. The SMILES string of the molecule is CCOC(=O)/C(C#N)=C/c1cccc(OC(=O)COc2cc(C)c(Br)cc2C(C)C)c1. The van der Waals surface area contributed by atoms with Crippen LogP contribution in [0.3, 0.4) is 0 Å². The number of carbonyl (C=O) groups excluding carboxylic acids is 2. The third-order valence-electron chi connectivity index (χ3n) is 4.28. The number of rotatable bonds is 8. The fourth-order valence-electron chi connectivity index (χ4n) is 2.72. The van der Waals surface area contributed by atoms with E-state index >= 15 is 0 Å². The summed E-state index contributed by atoms with van der Waals surface area (Å²) in [5.41, 5.74) is 2.38. The lowest BCUT2D eigenvalue weighted by atomic mass is 10.0. The van der Waals surface area contributed by atoms with Crippen molar-refractivity contribution in [2.24, 2.45) is 0 Å². The maximum Gasteiger partial charge on any atom is 0.349 e. The molecule has 162 valence electrons. The minimum Gasteiger partial charge on any atom is -0.482 e. The van der Waals surface area contributed by atoms with E-state index in [0.717, 1.165) is 15.6 Å². The molecule has 0 N–H and O–H groups in total. The molecule has 0 aliphatic rings. The lowest BCUT2D eigenvalue weighted by Crippen LogP contribution is -2.18. The van der Waals surface area contributed by atoms with E-state index in [1.165, 1.54) is 6.08 Å². The van der Waals surface area contributed by atoms with E-state index < -0.39 is 11.9 Å². The van der Waals surface area contributed by atoms with Crippen LogP contribution in [0.5, 0.6) is 11.5 Å². The summed E-state index contributed by atoms with van der Waals surface area (Å²) in [5, 5.41) is 9.15. The van der Waals surface area contributed by atoms with Crippen molar-refractivity contribution in [1.29, 1.82) is 5.26 Å². The third-order valence-corrected chi connectivity index (χ3v) is 5.13. The van der Waals surface area contributed by atoms with Crippen LogP contribution in [0, 0.1) is 18.3 Å². The summed E-state index contributed by atoms with van der Waals surface area (Å²) < 4.78 is 16.9. The molecule has 0 fully saturated rings. The first-order chi connectivity index (χ1) is 14.7. The number of esters is 2. The third kappa shape index (κ3) is 6.97. The predicted octanol–water partition coefficient (Wildman–Crippen LogP) is 5.34. The van der Waals surface area contributed by atoms with Gasteiger partial charge in [-0.2, -0.15) is 5.26 Å². The summed E-state index contributed by atoms with van der Waals surface area (Å²) in [5.74, 6) is -0.133. The van der Waals surface area contributed by atoms with Gasteiger partial charge in [-0.05, 0) is 66.8 Å². The second kappa shape index (κ2) is 11.3. The molecule has 31 heavy (non-hydrogen) atoms. The van der Waals surface area contributed by atoms with Crippen molar-refractivity contribution >= 4 is 33.9 Å². The average molecular weight is 486 g/mol. The Hall–Kier alpha value is -3.11. The standard InChI is InChI=1S/C24H24BrNO5/c1-5-29-24(28)18(13-26)10-17-7-6-8-19(11-17)31-23(27)14-30-22-9-16(4)21(25)12-20(22)15(2)3/h6-12,15H,5,14H2,1-4H3/b18-10+. The Morgan fingerprint density at radius 3 is 2.61 bits per heavy atom. The van der Waals surface area contributed by atoms with E-state index in [1.807, 2.05) is 39.0 Å². The number of benzene rings is 2. The van der Waals surface area contributed by atoms with E-state index in [9.17, 15) is 9.59 Å². The summed E-state index contributed by atoms with van der Waals surface area (Å²) in [4.78, 5) is 24.1. The van der Waals surface area contributed by atoms with Gasteiger partial charge in [-0.25, -0.2) is 9.59 Å². The van der Waals surface area contributed by atoms with Crippen LogP contribution in [0.4, 0.5) is 0 Å². The van der Waals surface area contributed by atoms with Crippen LogP contribution in [0.2, 0.25) is 0 Å². The van der Waals surface area contributed by atoms with E-state index in [1.54, 1.807) is 31.2 Å². The Morgan fingerprint density at radius 1 is 1.23 bits per heavy atom. The largest absolute Gasteiger partial charge is 0.482 e. The Kier molecular flexibility index (Phi) is 8.83. The lowest BCUT2D eigenvalue weighted by Gasteiger charge is -2.15. The highest BCUT2D eigenvalue weighted by Crippen LogP contribution is 2.32. The Bertz CT molecular complexity index is 1040. The topological polar surface area (TPSA) is 85.6 Å². The second-order valence-corrected chi connectivity index (χ2v) is 7.87. The van der Waals surface area contributed by atoms with Gasteiger partial charge in [0.1, 0.15) is 23.1 Å². The molecule has 0 aliphatic carbocycles. The smallest absolute Gasteiger partial charge is 0.349 e. The molecule has 0 bridgehead atoms. The van der Waals surface area contributed by atoms with Crippen LogP contribution < -0.4 is 9.47 Å². The van der Waals surface area contributed by atoms with E-state index in [-0.39, 0.29) is 30.5 Å². The predicted molar refractivity (Wildman–Crippen MR) is 121 cm³/mol. The Morgan fingerprint density at radius 2 is 1.97 bits per heavy atom. The van der Waals surface area contributed by atoms with Crippen molar-refractivity contribution < 1.29 is 23.8 Å². The molecule has 2 aromatic rings. The van der Waals surface area contributed by atoms with Gasteiger partial charge in [-0.1, -0.05) is 41.9 Å². The maximum atomic E-state index is 12.3. The maximum absolute atomic E-state index is 12.3. The van der Waals surface area contributed by atoms with Gasteiger partial charge in [0, 0.05) is 4.47 Å². The van der Waals surface area contributed by atoms with Crippen molar-refractivity contribution in [2.75, 3.05) is 13.2 Å². The summed E-state index contributed by atoms with van der Waals surface area (Å²) in [7, 11) is 0. The van der Waals surface area contributed by atoms with Crippen molar-refractivity contribution in [3.63, 3.8) is 0 Å². The molecule has 0 heterocycles. The van der Waals surface area contributed by atoms with Gasteiger partial charge in [0.25, 0.3) is 0 Å². The molecule has 2 aromatic carbocycles. The minimum absolute atomic E-state index is 0.138. The molecule has 0 aliphatic heterocycles. The molecule has 0 aromatic heterocycles. The van der Waals surface area contributed by atoms with Crippen molar-refractivity contribution in [2.45, 2.75) is 33.6 Å². The van der Waals surface area contributed by atoms with Crippen LogP contribution in [0.1, 0.15) is 43.4 Å². The first kappa shape index (κ1) is 24.2. The minimum atomic E-state index is -0.702. The van der Waals surface area contributed by atoms with Gasteiger partial charge in [0.2, 0.25) is 0 Å². The summed E-state index contributed by atoms with van der Waals surface area (Å²) in [6.45, 7) is 7.62. The Labute approximate surface area is 190 Å². The van der Waals surface area contributed by atoms with Crippen LogP contribution in [0.15, 0.2) is 46.4 Å². The lowest BCUT2D eigenvalue weighted by molar-refractivity contribution is -0.138. The number of aryl methyl sites for hydroxylation is 1.